The number of hydrogen-bond donors (Lipinski definition) is 0. The number of aromatic nitrogens is 2. The van der Waals surface area contributed by atoms with Gasteiger partial charge in [-0.15, -0.1) is 0 Å². The van der Waals surface area contributed by atoms with Gasteiger partial charge in [0.05, 0.1) is 11.0 Å². The number of nitro groups is 1. The molecule has 0 N–H and O–H groups in total. The monoisotopic (exact) mass is 506 g/mol. The Labute approximate surface area is 212 Å². The van der Waals surface area contributed by atoms with E-state index >= 15 is 0 Å². The van der Waals surface area contributed by atoms with Crippen LogP contribution in [0.1, 0.15) is 16.2 Å². The highest BCUT2D eigenvalue weighted by Crippen LogP contribution is 2.27. The third-order valence-corrected chi connectivity index (χ3v) is 6.57. The van der Waals surface area contributed by atoms with E-state index in [4.69, 9.17) is 9.26 Å². The Bertz CT molecular complexity index is 1290. The summed E-state index contributed by atoms with van der Waals surface area (Å²) >= 11 is 0. The Morgan fingerprint density at radius 2 is 1.92 bits per heavy atom. The predicted molar refractivity (Wildman–Crippen MR) is 132 cm³/mol. The summed E-state index contributed by atoms with van der Waals surface area (Å²) in [4.78, 5) is 45.1. The Hall–Kier alpha value is -4.16. The minimum absolute atomic E-state index is 0.100. The standard InChI is InChI=1S/C25H26N6O6/c1-17-26-24(27-37-17)18-5-7-20(8-6-18)30-15-22(36-23(30)16-32)14-28-9-11-29(12-10-28)25(33)19-3-2-4-21(13-19)31(34)35/h2-8,13,16,22-23H,9-12,14-15H2,1H3. The molecule has 12 heteroatoms. The zero-order valence-electron chi connectivity index (χ0n) is 20.2. The van der Waals surface area contributed by atoms with Crippen LogP contribution >= 0.6 is 0 Å². The quantitative estimate of drug-likeness (QED) is 0.266. The molecule has 0 bridgehead atoms. The van der Waals surface area contributed by atoms with Gasteiger partial charge in [0.2, 0.25) is 11.7 Å². The SMILES string of the molecule is Cc1nc(-c2ccc(N3CC(CN4CCN(C(=O)c5cccc([N+](=O)[O-])c5)CC4)OC3C=O)cc2)no1. The number of anilines is 1. The zero-order chi connectivity index (χ0) is 25.9. The summed E-state index contributed by atoms with van der Waals surface area (Å²) in [6.45, 7) is 5.21. The average molecular weight is 507 g/mol. The van der Waals surface area contributed by atoms with E-state index in [0.29, 0.717) is 56.5 Å². The van der Waals surface area contributed by atoms with Gasteiger partial charge in [-0.25, -0.2) is 0 Å². The molecule has 2 saturated heterocycles. The maximum absolute atomic E-state index is 12.8. The first-order valence-corrected chi connectivity index (χ1v) is 12.0. The third-order valence-electron chi connectivity index (χ3n) is 6.57. The fourth-order valence-corrected chi connectivity index (χ4v) is 4.67. The Balaban J connectivity index is 1.16. The molecule has 1 amide bonds. The lowest BCUT2D eigenvalue weighted by atomic mass is 10.1. The van der Waals surface area contributed by atoms with E-state index < -0.39 is 11.2 Å². The summed E-state index contributed by atoms with van der Waals surface area (Å²) in [6, 6.07) is 13.4. The van der Waals surface area contributed by atoms with Crippen LogP contribution in [0.3, 0.4) is 0 Å². The van der Waals surface area contributed by atoms with Gasteiger partial charge < -0.3 is 19.1 Å². The highest BCUT2D eigenvalue weighted by Gasteiger charge is 2.35. The van der Waals surface area contributed by atoms with Crippen LogP contribution in [0.15, 0.2) is 53.1 Å². The molecule has 2 unspecified atom stereocenters. The van der Waals surface area contributed by atoms with E-state index in [1.54, 1.807) is 17.9 Å². The molecular formula is C25H26N6O6. The maximum Gasteiger partial charge on any atom is 0.270 e. The van der Waals surface area contributed by atoms with Crippen molar-refractivity contribution < 1.29 is 23.8 Å². The Kier molecular flexibility index (Phi) is 6.93. The molecule has 0 saturated carbocycles. The molecule has 2 aromatic carbocycles. The average Bonchev–Trinajstić information content (AvgIpc) is 3.55. The lowest BCUT2D eigenvalue weighted by Gasteiger charge is -2.35. The van der Waals surface area contributed by atoms with Crippen molar-refractivity contribution in [1.82, 2.24) is 19.9 Å². The number of piperazine rings is 1. The van der Waals surface area contributed by atoms with Crippen molar-refractivity contribution in [2.24, 2.45) is 0 Å². The van der Waals surface area contributed by atoms with Crippen molar-refractivity contribution in [3.05, 3.63) is 70.1 Å². The molecule has 2 aliphatic heterocycles. The molecule has 192 valence electrons. The summed E-state index contributed by atoms with van der Waals surface area (Å²) in [7, 11) is 0. The van der Waals surface area contributed by atoms with Gasteiger partial charge in [-0.3, -0.25) is 24.6 Å². The third kappa shape index (κ3) is 5.34. The van der Waals surface area contributed by atoms with Crippen LogP contribution in [0.5, 0.6) is 0 Å². The minimum Gasteiger partial charge on any atom is -0.345 e. The largest absolute Gasteiger partial charge is 0.345 e. The number of benzene rings is 2. The van der Waals surface area contributed by atoms with E-state index in [9.17, 15) is 19.7 Å². The number of amides is 1. The number of hydrogen-bond acceptors (Lipinski definition) is 10. The number of aldehydes is 1. The second-order valence-electron chi connectivity index (χ2n) is 9.02. The fourth-order valence-electron chi connectivity index (χ4n) is 4.67. The molecular weight excluding hydrogens is 480 g/mol. The molecule has 2 fully saturated rings. The van der Waals surface area contributed by atoms with Crippen molar-refractivity contribution in [3.63, 3.8) is 0 Å². The Morgan fingerprint density at radius 3 is 2.57 bits per heavy atom. The summed E-state index contributed by atoms with van der Waals surface area (Å²) in [6.07, 6.45) is -0.0553. The van der Waals surface area contributed by atoms with Crippen molar-refractivity contribution in [2.45, 2.75) is 19.3 Å². The number of aryl methyl sites for hydroxylation is 1. The van der Waals surface area contributed by atoms with Crippen molar-refractivity contribution >= 4 is 23.6 Å². The lowest BCUT2D eigenvalue weighted by molar-refractivity contribution is -0.384. The first-order chi connectivity index (χ1) is 17.9. The van der Waals surface area contributed by atoms with Gasteiger partial charge in [-0.2, -0.15) is 4.98 Å². The van der Waals surface area contributed by atoms with Gasteiger partial charge in [0.1, 0.15) is 0 Å². The summed E-state index contributed by atoms with van der Waals surface area (Å²) in [5.41, 5.74) is 1.89. The van der Waals surface area contributed by atoms with E-state index in [1.165, 1.54) is 18.2 Å². The van der Waals surface area contributed by atoms with E-state index in [2.05, 4.69) is 15.0 Å². The molecule has 0 spiro atoms. The molecule has 3 aromatic rings. The molecule has 3 heterocycles. The van der Waals surface area contributed by atoms with Crippen LogP contribution in [-0.2, 0) is 9.53 Å². The molecule has 12 nitrogen and oxygen atoms in total. The highest BCUT2D eigenvalue weighted by molar-refractivity contribution is 5.94. The number of carbonyl (C=O) groups excluding carboxylic acids is 2. The van der Waals surface area contributed by atoms with Gasteiger partial charge in [0.25, 0.3) is 11.6 Å². The molecule has 2 atom stereocenters. The lowest BCUT2D eigenvalue weighted by Crippen LogP contribution is -2.50. The van der Waals surface area contributed by atoms with Crippen molar-refractivity contribution in [1.29, 1.82) is 0 Å². The first kappa shape index (κ1) is 24.5. The number of carbonyl (C=O) groups is 2. The van der Waals surface area contributed by atoms with Crippen LogP contribution in [0.4, 0.5) is 11.4 Å². The second kappa shape index (κ2) is 10.4. The summed E-state index contributed by atoms with van der Waals surface area (Å²) < 4.78 is 11.0. The minimum atomic E-state index is -0.681. The zero-order valence-corrected chi connectivity index (χ0v) is 20.2. The number of ether oxygens (including phenoxy) is 1. The summed E-state index contributed by atoms with van der Waals surface area (Å²) in [5.74, 6) is 0.784. The first-order valence-electron chi connectivity index (χ1n) is 12.0. The smallest absolute Gasteiger partial charge is 0.270 e. The highest BCUT2D eigenvalue weighted by atomic mass is 16.6. The van der Waals surface area contributed by atoms with Gasteiger partial charge in [0.15, 0.2) is 12.5 Å². The molecule has 1 aromatic heterocycles. The number of nitrogens with zero attached hydrogens (tertiary/aromatic N) is 6. The van der Waals surface area contributed by atoms with E-state index in [-0.39, 0.29) is 17.7 Å². The van der Waals surface area contributed by atoms with Crippen LogP contribution < -0.4 is 4.90 Å². The fraction of sp³-hybridized carbons (Fsp3) is 0.360. The van der Waals surface area contributed by atoms with Crippen molar-refractivity contribution in [2.75, 3.05) is 44.2 Å². The number of rotatable bonds is 7. The normalized spacial score (nSPS) is 20.2. The second-order valence-corrected chi connectivity index (χ2v) is 9.02. The molecule has 5 rings (SSSR count). The van der Waals surface area contributed by atoms with Gasteiger partial charge in [-0.1, -0.05) is 11.2 Å². The maximum atomic E-state index is 12.8. The van der Waals surface area contributed by atoms with Crippen molar-refractivity contribution in [3.8, 4) is 11.4 Å². The molecule has 0 aliphatic carbocycles. The summed E-state index contributed by atoms with van der Waals surface area (Å²) in [5, 5.41) is 14.9. The molecule has 37 heavy (non-hydrogen) atoms. The Morgan fingerprint density at radius 1 is 1.16 bits per heavy atom. The molecule has 0 radical (unpaired) electrons. The number of nitro benzene ring substituents is 1. The van der Waals surface area contributed by atoms with E-state index in [1.807, 2.05) is 29.2 Å². The van der Waals surface area contributed by atoms with Gasteiger partial charge in [-0.05, 0) is 30.3 Å². The van der Waals surface area contributed by atoms with Gasteiger partial charge in [0, 0.05) is 75.1 Å². The van der Waals surface area contributed by atoms with Crippen LogP contribution in [-0.4, -0.2) is 88.7 Å². The van der Waals surface area contributed by atoms with Crippen LogP contribution in [0, 0.1) is 17.0 Å². The van der Waals surface area contributed by atoms with E-state index in [0.717, 1.165) is 17.5 Å². The van der Waals surface area contributed by atoms with Crippen LogP contribution in [0.25, 0.3) is 11.4 Å². The number of non-ortho nitro benzene ring substituents is 1. The van der Waals surface area contributed by atoms with Gasteiger partial charge >= 0.3 is 0 Å². The predicted octanol–water partition coefficient (Wildman–Crippen LogP) is 2.14. The topological polar surface area (TPSA) is 135 Å². The van der Waals surface area contributed by atoms with Crippen LogP contribution in [0.2, 0.25) is 0 Å². The molecule has 2 aliphatic rings.